The van der Waals surface area contributed by atoms with Gasteiger partial charge in [0.25, 0.3) is 0 Å². The molecule has 3 heterocycles. The second-order valence-electron chi connectivity index (χ2n) is 9.78. The van der Waals surface area contributed by atoms with Gasteiger partial charge in [0.05, 0.1) is 17.2 Å². The maximum absolute atomic E-state index is 13.1. The minimum atomic E-state index is -1.36. The largest absolute Gasteiger partial charge is 0.462 e. The summed E-state index contributed by atoms with van der Waals surface area (Å²) >= 11 is 0. The Morgan fingerprint density at radius 1 is 1.10 bits per heavy atom. The van der Waals surface area contributed by atoms with Crippen molar-refractivity contribution in [3.8, 4) is 0 Å². The third-order valence-corrected chi connectivity index (χ3v) is 6.68. The molecule has 2 aromatic rings. The Hall–Kier alpha value is -4.34. The number of aromatic nitrogens is 2. The van der Waals surface area contributed by atoms with Crippen molar-refractivity contribution >= 4 is 29.7 Å². The highest BCUT2D eigenvalue weighted by molar-refractivity contribution is 6.03. The Balaban J connectivity index is 1.58. The number of nitrogens with one attached hydrogen (secondary N) is 1. The van der Waals surface area contributed by atoms with Crippen LogP contribution in [0.3, 0.4) is 0 Å². The number of hydrogen-bond donors (Lipinski definition) is 3. The summed E-state index contributed by atoms with van der Waals surface area (Å²) in [5.41, 5.74) is 6.98. The topological polar surface area (TPSA) is 208 Å². The predicted octanol–water partition coefficient (Wildman–Crippen LogP) is 0.607. The predicted molar refractivity (Wildman–Crippen MR) is 142 cm³/mol. The standard InChI is InChI=1S/C27H32N4O11/c1-3-4-5-10-19(33)42-30-18-11-12-31(27(37)29-18)23-22-21(17(39-23)13-38-26(36)20(28)14(2)32)40-24(34)15-8-6-7-9-16(15)25(35)41-22/h6-9,11-12,14,17,20-23,32H,3-5,10,13,28H2,1-2H3,(H,29,30,37)/t14-,17+,20-,21+,22+,23+/m0/s1. The van der Waals surface area contributed by atoms with Gasteiger partial charge in [0.2, 0.25) is 0 Å². The number of rotatable bonds is 11. The highest BCUT2D eigenvalue weighted by Crippen LogP contribution is 2.36. The van der Waals surface area contributed by atoms with Gasteiger partial charge < -0.3 is 34.6 Å². The second kappa shape index (κ2) is 13.5. The highest BCUT2D eigenvalue weighted by atomic mass is 16.7. The van der Waals surface area contributed by atoms with Gasteiger partial charge in [-0.25, -0.2) is 24.7 Å². The smallest absolute Gasteiger partial charge is 0.351 e. The second-order valence-corrected chi connectivity index (χ2v) is 9.78. The minimum absolute atomic E-state index is 0.0465. The lowest BCUT2D eigenvalue weighted by atomic mass is 10.0. The SMILES string of the molecule is CCCCCC(=O)ONc1ccn([C@@H]2O[C@H](COC(=O)[C@@H](N)[C@H](C)O)[C@H]3OC(=O)c4ccccc4C(=O)O[C@H]32)c(=O)n1. The first kappa shape index (κ1) is 30.6. The van der Waals surface area contributed by atoms with E-state index < -0.39 is 72.9 Å². The van der Waals surface area contributed by atoms with Gasteiger partial charge in [0.15, 0.2) is 24.3 Å². The lowest BCUT2D eigenvalue weighted by Gasteiger charge is -2.27. The van der Waals surface area contributed by atoms with Crippen molar-refractivity contribution in [3.63, 3.8) is 0 Å². The van der Waals surface area contributed by atoms with Gasteiger partial charge >= 0.3 is 29.6 Å². The molecule has 1 saturated heterocycles. The number of nitrogens with two attached hydrogens (primary N) is 1. The Bertz CT molecular complexity index is 1380. The van der Waals surface area contributed by atoms with E-state index in [0.29, 0.717) is 6.42 Å². The van der Waals surface area contributed by atoms with Crippen molar-refractivity contribution in [1.82, 2.24) is 9.55 Å². The first-order valence-electron chi connectivity index (χ1n) is 13.4. The summed E-state index contributed by atoms with van der Waals surface area (Å²) in [5.74, 6) is -3.26. The molecule has 0 spiro atoms. The number of ether oxygens (including phenoxy) is 4. The Morgan fingerprint density at radius 2 is 1.76 bits per heavy atom. The molecule has 1 fully saturated rings. The van der Waals surface area contributed by atoms with Crippen LogP contribution in [0.25, 0.3) is 0 Å². The first-order chi connectivity index (χ1) is 20.1. The van der Waals surface area contributed by atoms with E-state index >= 15 is 0 Å². The van der Waals surface area contributed by atoms with Crippen LogP contribution in [0.4, 0.5) is 5.82 Å². The number of fused-ring (bicyclic) bond motifs is 2. The van der Waals surface area contributed by atoms with Gasteiger partial charge in [0, 0.05) is 18.7 Å². The maximum Gasteiger partial charge on any atom is 0.351 e. The van der Waals surface area contributed by atoms with Gasteiger partial charge in [-0.05, 0) is 25.5 Å². The van der Waals surface area contributed by atoms with Crippen molar-refractivity contribution < 1.29 is 48.1 Å². The van der Waals surface area contributed by atoms with Crippen molar-refractivity contribution in [1.29, 1.82) is 0 Å². The van der Waals surface area contributed by atoms with Crippen molar-refractivity contribution in [2.75, 3.05) is 12.1 Å². The molecule has 0 saturated carbocycles. The zero-order valence-corrected chi connectivity index (χ0v) is 23.0. The first-order valence-corrected chi connectivity index (χ1v) is 13.4. The maximum atomic E-state index is 13.1. The summed E-state index contributed by atoms with van der Waals surface area (Å²) in [7, 11) is 0. The average molecular weight is 589 g/mol. The summed E-state index contributed by atoms with van der Waals surface area (Å²) in [6.07, 6.45) is -2.55. The van der Waals surface area contributed by atoms with Gasteiger partial charge in [-0.3, -0.25) is 9.36 Å². The molecule has 2 aliphatic rings. The molecule has 0 bridgehead atoms. The normalized spacial score (nSPS) is 22.8. The molecule has 4 N–H and O–H groups in total. The monoisotopic (exact) mass is 588 g/mol. The van der Waals surface area contributed by atoms with Crippen LogP contribution in [0.1, 0.15) is 66.5 Å². The zero-order chi connectivity index (χ0) is 30.4. The van der Waals surface area contributed by atoms with E-state index in [4.69, 9.17) is 29.5 Å². The fourth-order valence-electron chi connectivity index (χ4n) is 4.35. The number of carbonyl (C=O) groups is 4. The molecule has 0 aliphatic carbocycles. The number of aliphatic hydroxyl groups is 1. The molecule has 42 heavy (non-hydrogen) atoms. The number of carbonyl (C=O) groups excluding carboxylic acids is 4. The van der Waals surface area contributed by atoms with E-state index in [9.17, 15) is 29.1 Å². The Morgan fingerprint density at radius 3 is 2.38 bits per heavy atom. The van der Waals surface area contributed by atoms with E-state index in [1.165, 1.54) is 31.3 Å². The van der Waals surface area contributed by atoms with E-state index in [2.05, 4.69) is 10.5 Å². The third kappa shape index (κ3) is 6.92. The van der Waals surface area contributed by atoms with Gasteiger partial charge in [0.1, 0.15) is 18.8 Å². The summed E-state index contributed by atoms with van der Waals surface area (Å²) in [5, 5.41) is 9.59. The molecule has 0 radical (unpaired) electrons. The summed E-state index contributed by atoms with van der Waals surface area (Å²) in [6, 6.07) is 5.83. The molecule has 15 nitrogen and oxygen atoms in total. The highest BCUT2D eigenvalue weighted by Gasteiger charge is 2.53. The molecule has 6 atom stereocenters. The van der Waals surface area contributed by atoms with Gasteiger partial charge in [-0.2, -0.15) is 4.98 Å². The van der Waals surface area contributed by atoms with Crippen LogP contribution in [0.15, 0.2) is 41.3 Å². The van der Waals surface area contributed by atoms with E-state index in [0.717, 1.165) is 17.4 Å². The molecule has 15 heteroatoms. The summed E-state index contributed by atoms with van der Waals surface area (Å²) in [6.45, 7) is 2.79. The number of anilines is 1. The Labute approximate surface area is 239 Å². The van der Waals surface area contributed by atoms with E-state index in [-0.39, 0.29) is 23.4 Å². The van der Waals surface area contributed by atoms with Crippen molar-refractivity contribution in [2.24, 2.45) is 5.73 Å². The quantitative estimate of drug-likeness (QED) is 0.142. The minimum Gasteiger partial charge on any atom is -0.462 e. The summed E-state index contributed by atoms with van der Waals surface area (Å²) < 4.78 is 23.4. The van der Waals surface area contributed by atoms with Crippen LogP contribution in [-0.2, 0) is 33.4 Å². The lowest BCUT2D eigenvalue weighted by Crippen LogP contribution is -2.45. The Kier molecular flexibility index (Phi) is 9.88. The fraction of sp³-hybridized carbons (Fsp3) is 0.481. The molecule has 2 aliphatic heterocycles. The number of aliphatic hydroxyl groups excluding tert-OH is 1. The third-order valence-electron chi connectivity index (χ3n) is 6.68. The lowest BCUT2D eigenvalue weighted by molar-refractivity contribution is -0.154. The van der Waals surface area contributed by atoms with Crippen LogP contribution >= 0.6 is 0 Å². The van der Waals surface area contributed by atoms with E-state index in [1.54, 1.807) is 12.1 Å². The van der Waals surface area contributed by atoms with Crippen LogP contribution in [0, 0.1) is 0 Å². The molecule has 0 unspecified atom stereocenters. The van der Waals surface area contributed by atoms with Gasteiger partial charge in [-0.15, -0.1) is 0 Å². The summed E-state index contributed by atoms with van der Waals surface area (Å²) in [4.78, 5) is 72.0. The molecular weight excluding hydrogens is 556 g/mol. The molecule has 4 rings (SSSR count). The van der Waals surface area contributed by atoms with Crippen LogP contribution < -0.4 is 16.9 Å². The number of benzene rings is 1. The van der Waals surface area contributed by atoms with Crippen LogP contribution in [0.2, 0.25) is 0 Å². The van der Waals surface area contributed by atoms with Crippen LogP contribution in [0.5, 0.6) is 0 Å². The molecule has 226 valence electrons. The van der Waals surface area contributed by atoms with Crippen molar-refractivity contribution in [3.05, 3.63) is 58.1 Å². The zero-order valence-electron chi connectivity index (χ0n) is 23.0. The number of hydrogen-bond acceptors (Lipinski definition) is 14. The average Bonchev–Trinajstić information content (AvgIpc) is 3.29. The fourth-order valence-corrected chi connectivity index (χ4v) is 4.35. The van der Waals surface area contributed by atoms with Gasteiger partial charge in [-0.1, -0.05) is 31.9 Å². The molecular formula is C27H32N4O11. The molecule has 1 aromatic heterocycles. The number of nitrogens with zero attached hydrogens (tertiary/aromatic N) is 2. The molecule has 1 aromatic carbocycles. The molecule has 0 amide bonds. The van der Waals surface area contributed by atoms with Crippen molar-refractivity contribution in [2.45, 2.75) is 76.2 Å². The number of unbranched alkanes of at least 4 members (excludes halogenated alkanes) is 2. The number of esters is 3. The van der Waals surface area contributed by atoms with E-state index in [1.807, 2.05) is 6.92 Å². The van der Waals surface area contributed by atoms with Crippen LogP contribution in [-0.4, -0.2) is 75.6 Å².